The van der Waals surface area contributed by atoms with E-state index in [0.29, 0.717) is 21.8 Å². The van der Waals surface area contributed by atoms with Crippen LogP contribution in [0.15, 0.2) is 108 Å². The topological polar surface area (TPSA) is 87.3 Å². The molecule has 0 bridgehead atoms. The van der Waals surface area contributed by atoms with Crippen LogP contribution in [0.5, 0.6) is 0 Å². The molecule has 0 aliphatic carbocycles. The average molecular weight is 570 g/mol. The van der Waals surface area contributed by atoms with E-state index in [9.17, 15) is 14.4 Å². The summed E-state index contributed by atoms with van der Waals surface area (Å²) in [5.74, 6) is -0.745. The summed E-state index contributed by atoms with van der Waals surface area (Å²) in [6.45, 7) is 3.94. The lowest BCUT2D eigenvalue weighted by molar-refractivity contribution is -0.114. The number of hydrogen-bond acceptors (Lipinski definition) is 4. The maximum Gasteiger partial charge on any atom is 0.272 e. The molecular formula is C32H28ClN3O3S. The van der Waals surface area contributed by atoms with Gasteiger partial charge in [0.2, 0.25) is 5.91 Å². The predicted octanol–water partition coefficient (Wildman–Crippen LogP) is 7.10. The zero-order chi connectivity index (χ0) is 28.5. The Morgan fingerprint density at radius 3 is 2.30 bits per heavy atom. The molecule has 0 saturated carbocycles. The summed E-state index contributed by atoms with van der Waals surface area (Å²) < 4.78 is 0. The van der Waals surface area contributed by atoms with Crippen LogP contribution < -0.4 is 16.0 Å². The molecule has 0 saturated heterocycles. The lowest BCUT2D eigenvalue weighted by Gasteiger charge is -2.12. The fraction of sp³-hybridized carbons (Fsp3) is 0.0938. The molecular weight excluding hydrogens is 542 g/mol. The fourth-order valence-corrected chi connectivity index (χ4v) is 4.64. The number of hydrogen-bond donors (Lipinski definition) is 3. The number of benzene rings is 4. The van der Waals surface area contributed by atoms with Gasteiger partial charge in [0.05, 0.1) is 5.75 Å². The van der Waals surface area contributed by atoms with Crippen LogP contribution in [0.4, 0.5) is 11.4 Å². The maximum atomic E-state index is 13.2. The molecule has 0 aliphatic rings. The monoisotopic (exact) mass is 569 g/mol. The van der Waals surface area contributed by atoms with Gasteiger partial charge in [0.1, 0.15) is 5.70 Å². The van der Waals surface area contributed by atoms with Crippen molar-refractivity contribution in [2.24, 2.45) is 0 Å². The van der Waals surface area contributed by atoms with Crippen molar-refractivity contribution in [3.63, 3.8) is 0 Å². The van der Waals surface area contributed by atoms with Gasteiger partial charge in [0.15, 0.2) is 0 Å². The van der Waals surface area contributed by atoms with Crippen molar-refractivity contribution in [1.29, 1.82) is 0 Å². The molecule has 0 heterocycles. The number of rotatable bonds is 9. The number of amides is 3. The molecule has 8 heteroatoms. The average Bonchev–Trinajstić information content (AvgIpc) is 2.94. The van der Waals surface area contributed by atoms with Crippen molar-refractivity contribution in [2.75, 3.05) is 16.4 Å². The number of carbonyl (C=O) groups is 3. The van der Waals surface area contributed by atoms with E-state index in [1.165, 1.54) is 11.8 Å². The first-order valence-corrected chi connectivity index (χ1v) is 13.9. The Morgan fingerprint density at radius 1 is 0.825 bits per heavy atom. The first-order valence-electron chi connectivity index (χ1n) is 12.5. The van der Waals surface area contributed by atoms with E-state index in [1.807, 2.05) is 50.2 Å². The second-order valence-electron chi connectivity index (χ2n) is 9.07. The summed E-state index contributed by atoms with van der Waals surface area (Å²) >= 11 is 7.50. The molecule has 0 aliphatic heterocycles. The molecule has 202 valence electrons. The Kier molecular flexibility index (Phi) is 9.78. The first kappa shape index (κ1) is 28.7. The van der Waals surface area contributed by atoms with Crippen molar-refractivity contribution >= 4 is 58.5 Å². The van der Waals surface area contributed by atoms with E-state index in [4.69, 9.17) is 11.6 Å². The summed E-state index contributed by atoms with van der Waals surface area (Å²) in [5.41, 5.74) is 4.60. The van der Waals surface area contributed by atoms with Crippen LogP contribution in [0.3, 0.4) is 0 Å². The minimum atomic E-state index is -0.488. The third-order valence-electron chi connectivity index (χ3n) is 5.84. The highest BCUT2D eigenvalue weighted by Gasteiger charge is 2.15. The smallest absolute Gasteiger partial charge is 0.272 e. The summed E-state index contributed by atoms with van der Waals surface area (Å²) in [5, 5.41) is 9.01. The van der Waals surface area contributed by atoms with E-state index in [-0.39, 0.29) is 17.4 Å². The molecule has 0 spiro atoms. The summed E-state index contributed by atoms with van der Waals surface area (Å²) in [6, 6.07) is 28.7. The van der Waals surface area contributed by atoms with Crippen LogP contribution in [0.2, 0.25) is 5.02 Å². The number of halogens is 1. The molecule has 3 amide bonds. The highest BCUT2D eigenvalue weighted by atomic mass is 35.5. The number of nitrogens with one attached hydrogen (secondary N) is 3. The van der Waals surface area contributed by atoms with Crippen LogP contribution >= 0.6 is 23.4 Å². The molecule has 4 rings (SSSR count). The molecule has 6 nitrogen and oxygen atoms in total. The molecule has 0 atom stereocenters. The molecule has 0 unspecified atom stereocenters. The summed E-state index contributed by atoms with van der Waals surface area (Å²) in [4.78, 5) is 39.3. The highest BCUT2D eigenvalue weighted by molar-refractivity contribution is 8.00. The van der Waals surface area contributed by atoms with Crippen molar-refractivity contribution in [1.82, 2.24) is 5.32 Å². The Labute approximate surface area is 242 Å². The Hall–Kier alpha value is -4.33. The third kappa shape index (κ3) is 8.33. The third-order valence-corrected chi connectivity index (χ3v) is 7.08. The zero-order valence-electron chi connectivity index (χ0n) is 22.0. The van der Waals surface area contributed by atoms with Crippen molar-refractivity contribution < 1.29 is 14.4 Å². The fourth-order valence-electron chi connectivity index (χ4n) is 3.74. The lowest BCUT2D eigenvalue weighted by atomic mass is 10.1. The number of thioether (sulfide) groups is 1. The van der Waals surface area contributed by atoms with E-state index >= 15 is 0 Å². The van der Waals surface area contributed by atoms with Gasteiger partial charge < -0.3 is 16.0 Å². The van der Waals surface area contributed by atoms with Crippen LogP contribution in [-0.2, 0) is 9.59 Å². The van der Waals surface area contributed by atoms with Gasteiger partial charge in [0, 0.05) is 26.9 Å². The maximum absolute atomic E-state index is 13.2. The van der Waals surface area contributed by atoms with Gasteiger partial charge in [-0.3, -0.25) is 14.4 Å². The van der Waals surface area contributed by atoms with E-state index in [0.717, 1.165) is 21.7 Å². The number of aryl methyl sites for hydroxylation is 2. The van der Waals surface area contributed by atoms with Crippen molar-refractivity contribution in [3.8, 4) is 0 Å². The molecule has 0 fully saturated rings. The first-order chi connectivity index (χ1) is 19.3. The number of anilines is 2. The van der Waals surface area contributed by atoms with Gasteiger partial charge in [-0.25, -0.2) is 0 Å². The van der Waals surface area contributed by atoms with Crippen LogP contribution in [0.25, 0.3) is 6.08 Å². The highest BCUT2D eigenvalue weighted by Crippen LogP contribution is 2.22. The van der Waals surface area contributed by atoms with Crippen LogP contribution in [0, 0.1) is 13.8 Å². The van der Waals surface area contributed by atoms with Crippen molar-refractivity contribution in [3.05, 3.63) is 130 Å². The van der Waals surface area contributed by atoms with Gasteiger partial charge in [-0.1, -0.05) is 54.1 Å². The molecule has 0 radical (unpaired) electrons. The minimum absolute atomic E-state index is 0.0673. The minimum Gasteiger partial charge on any atom is -0.325 e. The molecule has 4 aromatic carbocycles. The lowest BCUT2D eigenvalue weighted by Crippen LogP contribution is -2.30. The quantitative estimate of drug-likeness (QED) is 0.148. The van der Waals surface area contributed by atoms with Crippen LogP contribution in [0.1, 0.15) is 27.0 Å². The van der Waals surface area contributed by atoms with E-state index in [2.05, 4.69) is 16.0 Å². The molecule has 3 N–H and O–H groups in total. The van der Waals surface area contributed by atoms with Gasteiger partial charge in [-0.15, -0.1) is 11.8 Å². The standard InChI is InChI=1S/C32H28ClN3O3S/c1-21-11-12-22(2)28(17-21)35-30(37)20-40-27-15-13-26(14-16-27)34-32(39)29(19-23-7-6-10-25(33)18-23)36-31(38)24-8-4-3-5-9-24/h3-19H,20H2,1-2H3,(H,34,39)(H,35,37)(H,36,38)/b29-19-. The van der Waals surface area contributed by atoms with Crippen LogP contribution in [-0.4, -0.2) is 23.5 Å². The van der Waals surface area contributed by atoms with Gasteiger partial charge >= 0.3 is 0 Å². The summed E-state index contributed by atoms with van der Waals surface area (Å²) in [7, 11) is 0. The largest absolute Gasteiger partial charge is 0.325 e. The SMILES string of the molecule is Cc1ccc(C)c(NC(=O)CSc2ccc(NC(=O)/C(=C/c3cccc(Cl)c3)NC(=O)c3ccccc3)cc2)c1. The second-order valence-corrected chi connectivity index (χ2v) is 10.6. The zero-order valence-corrected chi connectivity index (χ0v) is 23.6. The normalized spacial score (nSPS) is 11.0. The Morgan fingerprint density at radius 2 is 1.57 bits per heavy atom. The van der Waals surface area contributed by atoms with Gasteiger partial charge in [0.25, 0.3) is 11.8 Å². The van der Waals surface area contributed by atoms with E-state index in [1.54, 1.807) is 66.7 Å². The van der Waals surface area contributed by atoms with Gasteiger partial charge in [-0.05, 0) is 91.2 Å². The predicted molar refractivity (Wildman–Crippen MR) is 164 cm³/mol. The number of carbonyl (C=O) groups excluding carboxylic acids is 3. The Balaban J connectivity index is 1.41. The molecule has 4 aromatic rings. The molecule has 40 heavy (non-hydrogen) atoms. The second kappa shape index (κ2) is 13.6. The Bertz CT molecular complexity index is 1550. The molecule has 0 aromatic heterocycles. The summed E-state index contributed by atoms with van der Waals surface area (Å²) in [6.07, 6.45) is 1.57. The van der Waals surface area contributed by atoms with E-state index < -0.39 is 11.8 Å². The van der Waals surface area contributed by atoms with Gasteiger partial charge in [-0.2, -0.15) is 0 Å². The van der Waals surface area contributed by atoms with Crippen molar-refractivity contribution in [2.45, 2.75) is 18.7 Å².